The van der Waals surface area contributed by atoms with E-state index in [0.29, 0.717) is 17.3 Å². The predicted molar refractivity (Wildman–Crippen MR) is 95.2 cm³/mol. The normalized spacial score (nSPS) is 14.8. The minimum atomic E-state index is -0.259. The summed E-state index contributed by atoms with van der Waals surface area (Å²) in [6.45, 7) is 3.32. The van der Waals surface area contributed by atoms with Crippen molar-refractivity contribution in [3.05, 3.63) is 40.3 Å². The summed E-state index contributed by atoms with van der Waals surface area (Å²) in [7, 11) is 0. The second-order valence-corrected chi connectivity index (χ2v) is 6.87. The number of benzene rings is 1. The molecule has 0 bridgehead atoms. The third-order valence-corrected chi connectivity index (χ3v) is 4.85. The second-order valence-electron chi connectivity index (χ2n) is 5.94. The lowest BCUT2D eigenvalue weighted by Gasteiger charge is -2.18. The standard InChI is InChI=1S/C17H20N4O2S/c1-10-13(19-11(2)22)4-3-5-14(10)20-17(23)21-15(12-6-7-12)16-18-8-9-24-16/h3-5,8-9,12,15H,6-7H2,1-2H3,(H,19,22)(H2,20,21,23)/t15-/m1/s1. The Kier molecular flexibility index (Phi) is 4.80. The van der Waals surface area contributed by atoms with Crippen molar-refractivity contribution < 1.29 is 9.59 Å². The van der Waals surface area contributed by atoms with Gasteiger partial charge in [0.05, 0.1) is 6.04 Å². The summed E-state index contributed by atoms with van der Waals surface area (Å²) < 4.78 is 0. The van der Waals surface area contributed by atoms with Gasteiger partial charge in [-0.05, 0) is 43.4 Å². The number of urea groups is 1. The van der Waals surface area contributed by atoms with Crippen LogP contribution in [0.3, 0.4) is 0 Å². The number of hydrogen-bond donors (Lipinski definition) is 3. The third-order valence-electron chi connectivity index (χ3n) is 3.99. The Morgan fingerprint density at radius 3 is 2.54 bits per heavy atom. The molecule has 6 nitrogen and oxygen atoms in total. The maximum absolute atomic E-state index is 12.4. The molecule has 3 amide bonds. The minimum absolute atomic E-state index is 0.0381. The highest BCUT2D eigenvalue weighted by Crippen LogP contribution is 2.41. The van der Waals surface area contributed by atoms with Gasteiger partial charge in [0.25, 0.3) is 0 Å². The minimum Gasteiger partial charge on any atom is -0.328 e. The zero-order chi connectivity index (χ0) is 17.1. The molecule has 0 aliphatic heterocycles. The van der Waals surface area contributed by atoms with Crippen LogP contribution in [0.25, 0.3) is 0 Å². The van der Waals surface area contributed by atoms with Gasteiger partial charge < -0.3 is 16.0 Å². The van der Waals surface area contributed by atoms with Crippen molar-refractivity contribution in [1.29, 1.82) is 0 Å². The van der Waals surface area contributed by atoms with Crippen molar-refractivity contribution in [3.63, 3.8) is 0 Å². The van der Waals surface area contributed by atoms with E-state index < -0.39 is 0 Å². The first-order valence-corrected chi connectivity index (χ1v) is 8.76. The van der Waals surface area contributed by atoms with Crippen molar-refractivity contribution in [3.8, 4) is 0 Å². The van der Waals surface area contributed by atoms with E-state index in [4.69, 9.17) is 0 Å². The van der Waals surface area contributed by atoms with Crippen LogP contribution in [0.4, 0.5) is 16.2 Å². The van der Waals surface area contributed by atoms with Crippen LogP contribution < -0.4 is 16.0 Å². The molecule has 3 N–H and O–H groups in total. The highest BCUT2D eigenvalue weighted by atomic mass is 32.1. The van der Waals surface area contributed by atoms with Gasteiger partial charge in [0, 0.05) is 29.9 Å². The SMILES string of the molecule is CC(=O)Nc1cccc(NC(=O)N[C@@H](c2nccs2)C2CC2)c1C. The summed E-state index contributed by atoms with van der Waals surface area (Å²) in [5, 5.41) is 11.5. The molecule has 1 fully saturated rings. The van der Waals surface area contributed by atoms with Gasteiger partial charge in [-0.3, -0.25) is 4.79 Å². The topological polar surface area (TPSA) is 83.1 Å². The van der Waals surface area contributed by atoms with Crippen LogP contribution in [0, 0.1) is 12.8 Å². The smallest absolute Gasteiger partial charge is 0.319 e. The second kappa shape index (κ2) is 7.00. The van der Waals surface area contributed by atoms with Gasteiger partial charge in [-0.15, -0.1) is 11.3 Å². The van der Waals surface area contributed by atoms with E-state index in [0.717, 1.165) is 23.4 Å². The third kappa shape index (κ3) is 3.91. The quantitative estimate of drug-likeness (QED) is 0.773. The van der Waals surface area contributed by atoms with E-state index in [1.807, 2.05) is 24.4 Å². The summed E-state index contributed by atoms with van der Waals surface area (Å²) in [5.41, 5.74) is 2.19. The number of aromatic nitrogens is 1. The van der Waals surface area contributed by atoms with Gasteiger partial charge in [0.15, 0.2) is 0 Å². The van der Waals surface area contributed by atoms with Crippen LogP contribution in [0.1, 0.15) is 36.4 Å². The summed E-state index contributed by atoms with van der Waals surface area (Å²) >= 11 is 1.56. The molecular weight excluding hydrogens is 324 g/mol. The number of nitrogens with zero attached hydrogens (tertiary/aromatic N) is 1. The highest BCUT2D eigenvalue weighted by Gasteiger charge is 2.35. The van der Waals surface area contributed by atoms with Crippen LogP contribution in [0.5, 0.6) is 0 Å². The Bertz CT molecular complexity index is 741. The Hall–Kier alpha value is -2.41. The van der Waals surface area contributed by atoms with Gasteiger partial charge in [0.2, 0.25) is 5.91 Å². The molecule has 1 heterocycles. The largest absolute Gasteiger partial charge is 0.328 e. The van der Waals surface area contributed by atoms with E-state index in [1.54, 1.807) is 23.6 Å². The van der Waals surface area contributed by atoms with Crippen molar-refractivity contribution in [2.24, 2.45) is 5.92 Å². The zero-order valence-corrected chi connectivity index (χ0v) is 14.4. The molecule has 126 valence electrons. The fourth-order valence-electron chi connectivity index (χ4n) is 2.59. The zero-order valence-electron chi connectivity index (χ0n) is 13.6. The molecule has 1 atom stereocenters. The number of carbonyl (C=O) groups excluding carboxylic acids is 2. The number of carbonyl (C=O) groups is 2. The maximum Gasteiger partial charge on any atom is 0.319 e. The predicted octanol–water partition coefficient (Wildman–Crippen LogP) is 3.68. The van der Waals surface area contributed by atoms with Gasteiger partial charge >= 0.3 is 6.03 Å². The number of anilines is 2. The van der Waals surface area contributed by atoms with E-state index in [1.165, 1.54) is 6.92 Å². The molecule has 2 aromatic rings. The van der Waals surface area contributed by atoms with E-state index in [-0.39, 0.29) is 18.0 Å². The van der Waals surface area contributed by atoms with E-state index in [9.17, 15) is 9.59 Å². The summed E-state index contributed by atoms with van der Waals surface area (Å²) in [6.07, 6.45) is 3.99. The molecule has 0 radical (unpaired) electrons. The van der Waals surface area contributed by atoms with Crippen molar-refractivity contribution >= 4 is 34.6 Å². The van der Waals surface area contributed by atoms with Gasteiger partial charge in [-0.2, -0.15) is 0 Å². The number of rotatable bonds is 5. The lowest BCUT2D eigenvalue weighted by molar-refractivity contribution is -0.114. The average Bonchev–Trinajstić information content (AvgIpc) is 3.22. The van der Waals surface area contributed by atoms with Crippen LogP contribution in [0.15, 0.2) is 29.8 Å². The molecule has 0 spiro atoms. The van der Waals surface area contributed by atoms with Gasteiger partial charge in [-0.25, -0.2) is 9.78 Å². The van der Waals surface area contributed by atoms with E-state index in [2.05, 4.69) is 20.9 Å². The molecule has 24 heavy (non-hydrogen) atoms. The van der Waals surface area contributed by atoms with Crippen LogP contribution in [-0.2, 0) is 4.79 Å². The number of thiazole rings is 1. The summed E-state index contributed by atoms with van der Waals surface area (Å²) in [4.78, 5) is 28.0. The fraction of sp³-hybridized carbons (Fsp3) is 0.353. The molecule has 7 heteroatoms. The molecule has 1 aromatic heterocycles. The van der Waals surface area contributed by atoms with Crippen molar-refractivity contribution in [2.75, 3.05) is 10.6 Å². The number of amides is 3. The molecular formula is C17H20N4O2S. The summed E-state index contributed by atoms with van der Waals surface area (Å²) in [5.74, 6) is 0.325. The Morgan fingerprint density at radius 2 is 1.96 bits per heavy atom. The van der Waals surface area contributed by atoms with Gasteiger partial charge in [0.1, 0.15) is 5.01 Å². The van der Waals surface area contributed by atoms with Crippen molar-refractivity contribution in [1.82, 2.24) is 10.3 Å². The lowest BCUT2D eigenvalue weighted by Crippen LogP contribution is -2.33. The highest BCUT2D eigenvalue weighted by molar-refractivity contribution is 7.09. The fourth-order valence-corrected chi connectivity index (χ4v) is 3.38. The molecule has 3 rings (SSSR count). The molecule has 1 aromatic carbocycles. The first-order valence-electron chi connectivity index (χ1n) is 7.88. The molecule has 0 saturated heterocycles. The van der Waals surface area contributed by atoms with Crippen LogP contribution in [-0.4, -0.2) is 16.9 Å². The summed E-state index contributed by atoms with van der Waals surface area (Å²) in [6, 6.07) is 5.12. The maximum atomic E-state index is 12.4. The Labute approximate surface area is 144 Å². The van der Waals surface area contributed by atoms with Crippen LogP contribution in [0.2, 0.25) is 0 Å². The average molecular weight is 344 g/mol. The Balaban J connectivity index is 1.69. The monoisotopic (exact) mass is 344 g/mol. The lowest BCUT2D eigenvalue weighted by atomic mass is 10.1. The number of nitrogens with one attached hydrogen (secondary N) is 3. The first kappa shape index (κ1) is 16.4. The first-order chi connectivity index (χ1) is 11.5. The molecule has 0 unspecified atom stereocenters. The molecule has 1 aliphatic carbocycles. The Morgan fingerprint density at radius 1 is 1.25 bits per heavy atom. The number of hydrogen-bond acceptors (Lipinski definition) is 4. The van der Waals surface area contributed by atoms with Gasteiger partial charge in [-0.1, -0.05) is 6.07 Å². The van der Waals surface area contributed by atoms with Crippen molar-refractivity contribution in [2.45, 2.75) is 32.7 Å². The van der Waals surface area contributed by atoms with Crippen LogP contribution >= 0.6 is 11.3 Å². The van der Waals surface area contributed by atoms with E-state index >= 15 is 0 Å². The molecule has 1 saturated carbocycles. The molecule has 1 aliphatic rings.